The number of anilines is 1. The number of aryl methyl sites for hydroxylation is 1. The molecular formula is C34H43N3O6S. The molecule has 3 aromatic carbocycles. The maximum atomic E-state index is 14.4. The Morgan fingerprint density at radius 3 is 2.30 bits per heavy atom. The first kappa shape index (κ1) is 32.9. The van der Waals surface area contributed by atoms with E-state index in [-0.39, 0.29) is 29.1 Å². The number of nitrogens with one attached hydrogen (secondary N) is 1. The van der Waals surface area contributed by atoms with Gasteiger partial charge in [0, 0.05) is 12.6 Å². The molecule has 1 fully saturated rings. The zero-order chi connectivity index (χ0) is 31.7. The summed E-state index contributed by atoms with van der Waals surface area (Å²) in [4.78, 5) is 29.6. The lowest BCUT2D eigenvalue weighted by Gasteiger charge is -2.34. The van der Waals surface area contributed by atoms with Crippen LogP contribution in [-0.4, -0.2) is 58.0 Å². The van der Waals surface area contributed by atoms with Gasteiger partial charge in [0.1, 0.15) is 24.1 Å². The largest absolute Gasteiger partial charge is 0.497 e. The van der Waals surface area contributed by atoms with Crippen LogP contribution in [0.4, 0.5) is 5.69 Å². The number of hydrogen-bond acceptors (Lipinski definition) is 6. The fourth-order valence-electron chi connectivity index (χ4n) is 5.62. The molecule has 1 aliphatic carbocycles. The number of amides is 2. The van der Waals surface area contributed by atoms with Crippen LogP contribution in [0, 0.1) is 6.92 Å². The molecular weight excluding hydrogens is 578 g/mol. The van der Waals surface area contributed by atoms with E-state index >= 15 is 0 Å². The summed E-state index contributed by atoms with van der Waals surface area (Å²) in [6, 6.07) is 19.7. The smallest absolute Gasteiger partial charge is 0.264 e. The van der Waals surface area contributed by atoms with E-state index in [1.54, 1.807) is 49.6 Å². The molecule has 0 aromatic heterocycles. The Hall–Kier alpha value is -4.05. The molecule has 1 atom stereocenters. The highest BCUT2D eigenvalue weighted by Gasteiger charge is 2.35. The van der Waals surface area contributed by atoms with Crippen molar-refractivity contribution in [2.45, 2.75) is 75.9 Å². The maximum absolute atomic E-state index is 14.4. The van der Waals surface area contributed by atoms with Crippen LogP contribution >= 0.6 is 0 Å². The number of nitrogens with zero attached hydrogens (tertiary/aromatic N) is 2. The SMILES string of the molecule is CCC(C(=O)NC1CCCCC1)N(Cc1cccc(OC)c1)C(=O)CN(c1ccccc1OC)S(=O)(=O)c1ccc(C)cc1. The molecule has 9 nitrogen and oxygen atoms in total. The average Bonchev–Trinajstić information content (AvgIpc) is 3.04. The van der Waals surface area contributed by atoms with E-state index in [1.165, 1.54) is 24.1 Å². The van der Waals surface area contributed by atoms with Gasteiger partial charge in [0.2, 0.25) is 11.8 Å². The van der Waals surface area contributed by atoms with E-state index in [0.29, 0.717) is 17.9 Å². The molecule has 1 aliphatic rings. The highest BCUT2D eigenvalue weighted by atomic mass is 32.2. The Morgan fingerprint density at radius 2 is 1.64 bits per heavy atom. The number of rotatable bonds is 13. The highest BCUT2D eigenvalue weighted by molar-refractivity contribution is 7.92. The van der Waals surface area contributed by atoms with Crippen molar-refractivity contribution < 1.29 is 27.5 Å². The van der Waals surface area contributed by atoms with Gasteiger partial charge >= 0.3 is 0 Å². The summed E-state index contributed by atoms with van der Waals surface area (Å²) >= 11 is 0. The summed E-state index contributed by atoms with van der Waals surface area (Å²) in [7, 11) is -1.19. The number of benzene rings is 3. The molecule has 0 spiro atoms. The van der Waals surface area contributed by atoms with Crippen molar-refractivity contribution in [1.29, 1.82) is 0 Å². The standard InChI is InChI=1S/C34H43N3O6S/c1-5-30(34(39)35-27-13-7-6-8-14-27)36(23-26-12-11-15-28(22-26)42-3)33(38)24-37(31-16-9-10-17-32(31)43-4)44(40,41)29-20-18-25(2)19-21-29/h9-12,15-22,27,30H,5-8,13-14,23-24H2,1-4H3,(H,35,39). The number of carbonyl (C=O) groups excluding carboxylic acids is 2. The molecule has 10 heteroatoms. The van der Waals surface area contributed by atoms with Gasteiger partial charge in [0.05, 0.1) is 24.8 Å². The summed E-state index contributed by atoms with van der Waals surface area (Å²) < 4.78 is 40.3. The molecule has 1 unspecified atom stereocenters. The van der Waals surface area contributed by atoms with Crippen LogP contribution in [-0.2, 0) is 26.2 Å². The molecule has 2 amide bonds. The van der Waals surface area contributed by atoms with Gasteiger partial charge in [0.15, 0.2) is 0 Å². The van der Waals surface area contributed by atoms with Gasteiger partial charge in [-0.15, -0.1) is 0 Å². The number of ether oxygens (including phenoxy) is 2. The third-order valence-electron chi connectivity index (χ3n) is 8.07. The lowest BCUT2D eigenvalue weighted by Crippen LogP contribution is -2.54. The molecule has 0 aliphatic heterocycles. The summed E-state index contributed by atoms with van der Waals surface area (Å²) in [5, 5.41) is 3.17. The van der Waals surface area contributed by atoms with Crippen LogP contribution in [0.3, 0.4) is 0 Å². The second-order valence-electron chi connectivity index (χ2n) is 11.1. The fraction of sp³-hybridized carbons (Fsp3) is 0.412. The third kappa shape index (κ3) is 7.91. The predicted octanol–water partition coefficient (Wildman–Crippen LogP) is 5.46. The van der Waals surface area contributed by atoms with Crippen molar-refractivity contribution in [2.24, 2.45) is 0 Å². The normalized spacial score (nSPS) is 14.4. The second kappa shape index (κ2) is 15.1. The summed E-state index contributed by atoms with van der Waals surface area (Å²) in [6.45, 7) is 3.29. The lowest BCUT2D eigenvalue weighted by molar-refractivity contribution is -0.140. The quantitative estimate of drug-likeness (QED) is 0.272. The van der Waals surface area contributed by atoms with Crippen LogP contribution < -0.4 is 19.1 Å². The van der Waals surface area contributed by atoms with Crippen LogP contribution in [0.25, 0.3) is 0 Å². The number of hydrogen-bond donors (Lipinski definition) is 1. The van der Waals surface area contributed by atoms with Crippen molar-refractivity contribution in [3.05, 3.63) is 83.9 Å². The molecule has 0 radical (unpaired) electrons. The van der Waals surface area contributed by atoms with E-state index < -0.39 is 28.5 Å². The van der Waals surface area contributed by atoms with Crippen molar-refractivity contribution in [1.82, 2.24) is 10.2 Å². The molecule has 236 valence electrons. The number of carbonyl (C=O) groups is 2. The van der Waals surface area contributed by atoms with Crippen molar-refractivity contribution >= 4 is 27.5 Å². The number of para-hydroxylation sites is 2. The fourth-order valence-corrected chi connectivity index (χ4v) is 7.04. The molecule has 3 aromatic rings. The molecule has 0 heterocycles. The van der Waals surface area contributed by atoms with E-state index in [9.17, 15) is 18.0 Å². The van der Waals surface area contributed by atoms with E-state index in [0.717, 1.165) is 47.5 Å². The summed E-state index contributed by atoms with van der Waals surface area (Å²) in [5.41, 5.74) is 1.89. The number of methoxy groups -OCH3 is 2. The van der Waals surface area contributed by atoms with Gasteiger partial charge in [0.25, 0.3) is 10.0 Å². The highest BCUT2D eigenvalue weighted by Crippen LogP contribution is 2.33. The van der Waals surface area contributed by atoms with Gasteiger partial charge in [-0.2, -0.15) is 0 Å². The van der Waals surface area contributed by atoms with E-state index in [2.05, 4.69) is 5.32 Å². The topological polar surface area (TPSA) is 105 Å². The maximum Gasteiger partial charge on any atom is 0.264 e. The lowest BCUT2D eigenvalue weighted by atomic mass is 9.95. The zero-order valence-electron chi connectivity index (χ0n) is 26.0. The molecule has 1 saturated carbocycles. The van der Waals surface area contributed by atoms with Crippen molar-refractivity contribution in [2.75, 3.05) is 25.1 Å². The molecule has 0 saturated heterocycles. The average molecular weight is 622 g/mol. The van der Waals surface area contributed by atoms with Gasteiger partial charge in [-0.25, -0.2) is 8.42 Å². The Morgan fingerprint density at radius 1 is 0.932 bits per heavy atom. The predicted molar refractivity (Wildman–Crippen MR) is 171 cm³/mol. The molecule has 1 N–H and O–H groups in total. The Balaban J connectivity index is 1.74. The van der Waals surface area contributed by atoms with E-state index in [4.69, 9.17) is 9.47 Å². The van der Waals surface area contributed by atoms with Crippen LogP contribution in [0.15, 0.2) is 77.7 Å². The minimum absolute atomic E-state index is 0.0447. The Labute approximate surface area is 261 Å². The first-order valence-corrected chi connectivity index (χ1v) is 16.6. The van der Waals surface area contributed by atoms with Crippen molar-refractivity contribution in [3.8, 4) is 11.5 Å². The summed E-state index contributed by atoms with van der Waals surface area (Å²) in [5.74, 6) is 0.172. The minimum atomic E-state index is -4.21. The Bertz CT molecular complexity index is 1520. The molecule has 0 bridgehead atoms. The third-order valence-corrected chi connectivity index (χ3v) is 9.84. The van der Waals surface area contributed by atoms with Gasteiger partial charge in [-0.05, 0) is 68.1 Å². The van der Waals surface area contributed by atoms with Gasteiger partial charge in [-0.1, -0.05) is 68.1 Å². The van der Waals surface area contributed by atoms with Gasteiger partial charge < -0.3 is 19.7 Å². The monoisotopic (exact) mass is 621 g/mol. The number of sulfonamides is 1. The van der Waals surface area contributed by atoms with Crippen molar-refractivity contribution in [3.63, 3.8) is 0 Å². The zero-order valence-corrected chi connectivity index (χ0v) is 26.8. The van der Waals surface area contributed by atoms with E-state index in [1.807, 2.05) is 32.0 Å². The van der Waals surface area contributed by atoms with Crippen LogP contribution in [0.5, 0.6) is 11.5 Å². The summed E-state index contributed by atoms with van der Waals surface area (Å²) in [6.07, 6.45) is 5.43. The first-order valence-electron chi connectivity index (χ1n) is 15.1. The molecule has 4 rings (SSSR count). The molecule has 44 heavy (non-hydrogen) atoms. The van der Waals surface area contributed by atoms with Crippen LogP contribution in [0.2, 0.25) is 0 Å². The first-order chi connectivity index (χ1) is 21.2. The second-order valence-corrected chi connectivity index (χ2v) is 13.0. The van der Waals surface area contributed by atoms with Crippen LogP contribution in [0.1, 0.15) is 56.6 Å². The Kier molecular flexibility index (Phi) is 11.3. The minimum Gasteiger partial charge on any atom is -0.497 e. The van der Waals surface area contributed by atoms with Gasteiger partial charge in [-0.3, -0.25) is 13.9 Å².